The minimum Gasteiger partial charge on any atom is -0.369 e. The van der Waals surface area contributed by atoms with Crippen LogP contribution in [0, 0.1) is 23.2 Å². The van der Waals surface area contributed by atoms with E-state index in [2.05, 4.69) is 21.2 Å². The van der Waals surface area contributed by atoms with Gasteiger partial charge in [0.2, 0.25) is 15.9 Å². The van der Waals surface area contributed by atoms with Crippen molar-refractivity contribution in [2.45, 2.75) is 55.3 Å². The third-order valence-electron chi connectivity index (χ3n) is 8.30. The molecule has 5 aliphatic rings. The maximum atomic E-state index is 13.2. The van der Waals surface area contributed by atoms with Gasteiger partial charge in [-0.15, -0.1) is 0 Å². The number of alkyl halides is 3. The molecule has 13 heteroatoms. The number of nitrogens with one attached hydrogen (secondary N) is 1. The van der Waals surface area contributed by atoms with Gasteiger partial charge in [-0.3, -0.25) is 9.59 Å². The lowest BCUT2D eigenvalue weighted by Crippen LogP contribution is -2.63. The lowest BCUT2D eigenvalue weighted by atomic mass is 9.47. The highest BCUT2D eigenvalue weighted by atomic mass is 79.9. The molecular weight excluding hydrogens is 567 g/mol. The first-order valence-electron chi connectivity index (χ1n) is 11.9. The molecule has 1 aromatic rings. The molecule has 4 saturated carbocycles. The van der Waals surface area contributed by atoms with E-state index in [0.717, 1.165) is 35.7 Å². The molecule has 0 spiro atoms. The number of benzene rings is 1. The predicted molar refractivity (Wildman–Crippen MR) is 125 cm³/mol. The van der Waals surface area contributed by atoms with Crippen molar-refractivity contribution >= 4 is 37.8 Å². The van der Waals surface area contributed by atoms with Gasteiger partial charge < -0.3 is 15.8 Å². The maximum absolute atomic E-state index is 13.2. The van der Waals surface area contributed by atoms with Crippen molar-refractivity contribution in [1.82, 2.24) is 9.62 Å². The zero-order valence-corrected chi connectivity index (χ0v) is 21.7. The van der Waals surface area contributed by atoms with E-state index in [-0.39, 0.29) is 48.0 Å². The van der Waals surface area contributed by atoms with Crippen LogP contribution in [0.3, 0.4) is 0 Å². The summed E-state index contributed by atoms with van der Waals surface area (Å²) in [6, 6.07) is 2.29. The van der Waals surface area contributed by atoms with E-state index in [9.17, 15) is 31.2 Å². The Kier molecular flexibility index (Phi) is 6.45. The van der Waals surface area contributed by atoms with E-state index in [1.165, 1.54) is 0 Å². The molecule has 0 radical (unpaired) electrons. The van der Waals surface area contributed by atoms with Crippen molar-refractivity contribution in [3.05, 3.63) is 28.2 Å². The van der Waals surface area contributed by atoms with E-state index in [0.29, 0.717) is 24.8 Å². The van der Waals surface area contributed by atoms with E-state index in [1.54, 1.807) is 0 Å². The summed E-state index contributed by atoms with van der Waals surface area (Å²) in [6.45, 7) is -0.475. The van der Waals surface area contributed by atoms with Gasteiger partial charge in [0.1, 0.15) is 6.10 Å². The van der Waals surface area contributed by atoms with Crippen LogP contribution in [0.5, 0.6) is 0 Å². The van der Waals surface area contributed by atoms with Gasteiger partial charge in [-0.1, -0.05) is 0 Å². The highest BCUT2D eigenvalue weighted by Crippen LogP contribution is 2.59. The lowest BCUT2D eigenvalue weighted by molar-refractivity contribution is -0.150. The number of hydrogen-bond donors (Lipinski definition) is 2. The van der Waals surface area contributed by atoms with Crippen molar-refractivity contribution in [3.8, 4) is 0 Å². The SMILES string of the molecule is NC(=O)C12CC3CC(C1)C(NC(=O)C1CN(S(=O)(=O)c4cc(C(F)(F)F)ccc4Br)CCO1)C(C3)C2. The number of primary amides is 1. The molecule has 2 amide bonds. The van der Waals surface area contributed by atoms with Gasteiger partial charge in [-0.2, -0.15) is 17.5 Å². The van der Waals surface area contributed by atoms with Crippen LogP contribution in [-0.2, 0) is 30.5 Å². The molecule has 198 valence electrons. The first kappa shape index (κ1) is 25.9. The average Bonchev–Trinajstić information content (AvgIpc) is 2.80. The summed E-state index contributed by atoms with van der Waals surface area (Å²) in [5.74, 6) is -0.0671. The molecule has 4 aliphatic carbocycles. The number of morpholine rings is 1. The molecule has 1 heterocycles. The number of halogens is 4. The van der Waals surface area contributed by atoms with Gasteiger partial charge in [0.05, 0.1) is 17.1 Å². The normalized spacial score (nSPS) is 34.5. The van der Waals surface area contributed by atoms with E-state index < -0.39 is 44.1 Å². The van der Waals surface area contributed by atoms with Crippen molar-refractivity contribution in [1.29, 1.82) is 0 Å². The second-order valence-electron chi connectivity index (χ2n) is 10.5. The molecule has 8 nitrogen and oxygen atoms in total. The second kappa shape index (κ2) is 8.95. The molecule has 3 unspecified atom stereocenters. The monoisotopic (exact) mass is 593 g/mol. The van der Waals surface area contributed by atoms with Crippen LogP contribution in [0.1, 0.15) is 37.7 Å². The van der Waals surface area contributed by atoms with Gasteiger partial charge in [0, 0.05) is 29.0 Å². The first-order chi connectivity index (χ1) is 16.8. The van der Waals surface area contributed by atoms with Crippen LogP contribution < -0.4 is 11.1 Å². The quantitative estimate of drug-likeness (QED) is 0.544. The maximum Gasteiger partial charge on any atom is 0.416 e. The molecule has 3 N–H and O–H groups in total. The minimum absolute atomic E-state index is 0.0000283. The summed E-state index contributed by atoms with van der Waals surface area (Å²) < 4.78 is 72.6. The second-order valence-corrected chi connectivity index (χ2v) is 13.3. The fraction of sp³-hybridized carbons (Fsp3) is 0.652. The summed E-state index contributed by atoms with van der Waals surface area (Å²) >= 11 is 3.04. The number of rotatable bonds is 5. The molecule has 3 atom stereocenters. The zero-order valence-electron chi connectivity index (χ0n) is 19.3. The summed E-state index contributed by atoms with van der Waals surface area (Å²) in [4.78, 5) is 24.8. The Bertz CT molecular complexity index is 1180. The molecule has 4 bridgehead atoms. The number of carbonyl (C=O) groups excluding carboxylic acids is 2. The van der Waals surface area contributed by atoms with E-state index in [4.69, 9.17) is 10.5 Å². The van der Waals surface area contributed by atoms with Crippen molar-refractivity contribution in [2.75, 3.05) is 19.7 Å². The summed E-state index contributed by atoms with van der Waals surface area (Å²) in [7, 11) is -4.33. The first-order valence-corrected chi connectivity index (χ1v) is 14.1. The predicted octanol–water partition coefficient (Wildman–Crippen LogP) is 2.65. The van der Waals surface area contributed by atoms with Crippen molar-refractivity contribution in [2.24, 2.45) is 28.9 Å². The molecule has 1 aromatic carbocycles. The fourth-order valence-electron chi connectivity index (χ4n) is 6.84. The molecule has 0 aromatic heterocycles. The fourth-order valence-corrected chi connectivity index (χ4v) is 9.21. The number of sulfonamides is 1. The van der Waals surface area contributed by atoms with Crippen LogP contribution in [-0.4, -0.2) is 56.4 Å². The van der Waals surface area contributed by atoms with Crippen LogP contribution in [0.4, 0.5) is 13.2 Å². The van der Waals surface area contributed by atoms with Crippen LogP contribution in [0.25, 0.3) is 0 Å². The Balaban J connectivity index is 1.30. The van der Waals surface area contributed by atoms with Crippen molar-refractivity contribution < 1.29 is 35.9 Å². The Morgan fingerprint density at radius 2 is 1.83 bits per heavy atom. The van der Waals surface area contributed by atoms with Gasteiger partial charge >= 0.3 is 6.18 Å². The zero-order chi connectivity index (χ0) is 26.0. The van der Waals surface area contributed by atoms with E-state index in [1.807, 2.05) is 0 Å². The number of hydrogen-bond acceptors (Lipinski definition) is 5. The standard InChI is InChI=1S/C23H27BrF3N3O5S/c24-16-2-1-15(23(25,26)27)7-18(16)36(33,34)30-3-4-35-17(11-30)20(31)29-19-13-5-12-6-14(19)10-22(8-12,9-13)21(28)32/h1-2,7,12-14,17,19H,3-6,8-11H2,(H2,28,32)(H,29,31). The largest absolute Gasteiger partial charge is 0.416 e. The minimum atomic E-state index is -4.70. The third kappa shape index (κ3) is 4.45. The van der Waals surface area contributed by atoms with Gasteiger partial charge in [-0.05, 0) is 84.0 Å². The van der Waals surface area contributed by atoms with Crippen LogP contribution in [0.2, 0.25) is 0 Å². The topological polar surface area (TPSA) is 119 Å². The third-order valence-corrected chi connectivity index (χ3v) is 11.2. The highest BCUT2D eigenvalue weighted by Gasteiger charge is 2.58. The highest BCUT2D eigenvalue weighted by molar-refractivity contribution is 9.10. The Morgan fingerprint density at radius 1 is 1.17 bits per heavy atom. The molecule has 5 fully saturated rings. The molecule has 1 saturated heterocycles. The number of ether oxygens (including phenoxy) is 1. The number of carbonyl (C=O) groups is 2. The molecule has 36 heavy (non-hydrogen) atoms. The van der Waals surface area contributed by atoms with Gasteiger partial charge in [0.25, 0.3) is 5.91 Å². The molecular formula is C23H27BrF3N3O5S. The van der Waals surface area contributed by atoms with Gasteiger partial charge in [-0.25, -0.2) is 8.42 Å². The van der Waals surface area contributed by atoms with Crippen molar-refractivity contribution in [3.63, 3.8) is 0 Å². The summed E-state index contributed by atoms with van der Waals surface area (Å²) in [5.41, 5.74) is 4.15. The smallest absolute Gasteiger partial charge is 0.369 e. The summed E-state index contributed by atoms with van der Waals surface area (Å²) in [5, 5.41) is 3.04. The lowest BCUT2D eigenvalue weighted by Gasteiger charge is -2.59. The average molecular weight is 594 g/mol. The number of nitrogens with two attached hydrogens (primary N) is 1. The number of nitrogens with zero attached hydrogens (tertiary/aromatic N) is 1. The van der Waals surface area contributed by atoms with Crippen LogP contribution in [0.15, 0.2) is 27.6 Å². The molecule has 1 aliphatic heterocycles. The number of amides is 2. The Morgan fingerprint density at radius 3 is 2.44 bits per heavy atom. The summed E-state index contributed by atoms with van der Waals surface area (Å²) in [6.07, 6.45) is -1.91. The van der Waals surface area contributed by atoms with E-state index >= 15 is 0 Å². The van der Waals surface area contributed by atoms with Crippen LogP contribution >= 0.6 is 15.9 Å². The van der Waals surface area contributed by atoms with Gasteiger partial charge in [0.15, 0.2) is 0 Å². The Hall–Kier alpha value is -1.70. The molecule has 6 rings (SSSR count). The Labute approximate surface area is 215 Å².